The van der Waals surface area contributed by atoms with E-state index in [1.807, 2.05) is 0 Å². The molecule has 0 rings (SSSR count). The maximum Gasteiger partial charge on any atom is 2.00 e. The van der Waals surface area contributed by atoms with Gasteiger partial charge in [-0.05, 0) is 0 Å². The Hall–Kier alpha value is 1.77. The van der Waals surface area contributed by atoms with Gasteiger partial charge in [0, 0.05) is 10.4 Å². The second kappa shape index (κ2) is 37.2. The van der Waals surface area contributed by atoms with Crippen LogP contribution >= 0.6 is 0 Å². The Morgan fingerprint density at radius 3 is 0.692 bits per heavy atom. The zero-order valence-electron chi connectivity index (χ0n) is 6.37. The van der Waals surface area contributed by atoms with E-state index >= 15 is 0 Å². The molecule has 0 fully saturated rings. The smallest absolute Gasteiger partial charge is 0.759 e. The van der Waals surface area contributed by atoms with Crippen LogP contribution in [0.4, 0.5) is 0 Å². The van der Waals surface area contributed by atoms with Gasteiger partial charge in [0.2, 0.25) is 0 Å². The molecular formula is H12CoKO10S+. The van der Waals surface area contributed by atoms with Crippen LogP contribution < -0.4 is 51.4 Å². The van der Waals surface area contributed by atoms with Crippen molar-refractivity contribution in [2.75, 3.05) is 0 Å². The zero-order valence-corrected chi connectivity index (χ0v) is 11.4. The molecule has 0 bridgehead atoms. The van der Waals surface area contributed by atoms with Crippen LogP contribution in [0.5, 0.6) is 0 Å². The summed E-state index contributed by atoms with van der Waals surface area (Å²) in [7, 11) is -5.17. The van der Waals surface area contributed by atoms with Gasteiger partial charge in [-0.25, -0.2) is 0 Å². The Bertz CT molecular complexity index is 98.1. The van der Waals surface area contributed by atoms with Crippen molar-refractivity contribution in [3.8, 4) is 0 Å². The predicted molar refractivity (Wildman–Crippen MR) is 32.2 cm³/mol. The molecule has 13 heavy (non-hydrogen) atoms. The fraction of sp³-hybridized carbons (Fsp3) is 0. The molecule has 0 aliphatic carbocycles. The van der Waals surface area contributed by atoms with Gasteiger partial charge in [0.15, 0.2) is 0 Å². The molecule has 0 aliphatic heterocycles. The topological polar surface area (TPSA) is 269 Å². The summed E-state index contributed by atoms with van der Waals surface area (Å²) >= 11 is 0. The number of rotatable bonds is 0. The Morgan fingerprint density at radius 1 is 0.692 bits per heavy atom. The fourth-order valence-corrected chi connectivity index (χ4v) is 0. The average Bonchev–Trinajstić information content (AvgIpc) is 0.722. The quantitative estimate of drug-likeness (QED) is 0.239. The summed E-state index contributed by atoms with van der Waals surface area (Å²) < 4.78 is 34.1. The van der Waals surface area contributed by atoms with Gasteiger partial charge >= 0.3 is 68.2 Å². The van der Waals surface area contributed by atoms with Gasteiger partial charge in [-0.3, -0.25) is 8.42 Å². The summed E-state index contributed by atoms with van der Waals surface area (Å²) in [6.45, 7) is 0. The van der Waals surface area contributed by atoms with Crippen LogP contribution in [0, 0.1) is 0 Å². The van der Waals surface area contributed by atoms with E-state index < -0.39 is 10.4 Å². The summed E-state index contributed by atoms with van der Waals surface area (Å²) in [5.74, 6) is 0. The Kier molecular flexibility index (Phi) is 241. The molecule has 0 spiro atoms. The summed E-state index contributed by atoms with van der Waals surface area (Å²) in [5, 5.41) is 0. The van der Waals surface area contributed by atoms with Gasteiger partial charge in [0.05, 0.1) is 0 Å². The third kappa shape index (κ3) is 607. The van der Waals surface area contributed by atoms with Gasteiger partial charge in [0.1, 0.15) is 0 Å². The second-order valence-electron chi connectivity index (χ2n) is 0.408. The normalized spacial score (nSPS) is 4.46. The molecule has 13 heteroatoms. The molecule has 0 aliphatic rings. The molecule has 1 radical (unpaired) electrons. The van der Waals surface area contributed by atoms with Gasteiger partial charge in [-0.2, -0.15) is 0 Å². The minimum atomic E-state index is -5.17. The first-order chi connectivity index (χ1) is 2.00. The molecular weight excluding hydrogens is 290 g/mol. The van der Waals surface area contributed by atoms with Gasteiger partial charge < -0.3 is 42.0 Å². The molecule has 87 valence electrons. The first-order valence-electron chi connectivity index (χ1n) is 0.667. The predicted octanol–water partition coefficient (Wildman–Crippen LogP) is -9.28. The van der Waals surface area contributed by atoms with Gasteiger partial charge in [0.25, 0.3) is 0 Å². The van der Waals surface area contributed by atoms with Crippen molar-refractivity contribution in [2.45, 2.75) is 0 Å². The maximum absolute atomic E-state index is 8.52. The van der Waals surface area contributed by atoms with E-state index in [9.17, 15) is 0 Å². The first-order valence-corrected chi connectivity index (χ1v) is 2.00. The van der Waals surface area contributed by atoms with Crippen LogP contribution in [0.1, 0.15) is 0 Å². The summed E-state index contributed by atoms with van der Waals surface area (Å²) in [5.41, 5.74) is 0. The van der Waals surface area contributed by atoms with Crippen molar-refractivity contribution in [3.05, 3.63) is 0 Å². The standard InChI is InChI=1S/Co.K.H2O4S.6H2O/c;;1-5(2,3)4;;;;;;/h;;(H2,1,2,3,4);6*1H2/q+2;+1;;;;;;;/p-2. The molecule has 0 unspecified atom stereocenters. The van der Waals surface area contributed by atoms with Crippen LogP contribution in [0.15, 0.2) is 0 Å². The summed E-state index contributed by atoms with van der Waals surface area (Å²) in [6, 6.07) is 0. The van der Waals surface area contributed by atoms with E-state index in [1.54, 1.807) is 0 Å². The monoisotopic (exact) mass is 302 g/mol. The number of hydrogen-bond donors (Lipinski definition) is 0. The first kappa shape index (κ1) is 84.1. The van der Waals surface area contributed by atoms with Crippen LogP contribution in [0.2, 0.25) is 0 Å². The van der Waals surface area contributed by atoms with Crippen LogP contribution in [-0.2, 0) is 27.2 Å². The Morgan fingerprint density at radius 2 is 0.692 bits per heavy atom. The third-order valence-electron chi connectivity index (χ3n) is 0. The van der Waals surface area contributed by atoms with E-state index in [1.165, 1.54) is 0 Å². The van der Waals surface area contributed by atoms with Crippen molar-refractivity contribution in [3.63, 3.8) is 0 Å². The van der Waals surface area contributed by atoms with Crippen LogP contribution in [0.25, 0.3) is 0 Å². The molecule has 10 nitrogen and oxygen atoms in total. The SMILES string of the molecule is O.O.O.O.O.O.O=S(=O)([O-])[O-].[Co+2].[K+]. The maximum atomic E-state index is 8.52. The van der Waals surface area contributed by atoms with Gasteiger partial charge in [-0.1, -0.05) is 0 Å². The molecule has 0 aromatic heterocycles. The zero-order chi connectivity index (χ0) is 4.50. The second-order valence-corrected chi connectivity index (χ2v) is 1.22. The van der Waals surface area contributed by atoms with Crippen LogP contribution in [-0.4, -0.2) is 50.4 Å². The van der Waals surface area contributed by atoms with Crippen molar-refractivity contribution < 1.29 is 119 Å². The molecule has 0 amide bonds. The minimum absolute atomic E-state index is 0. The van der Waals surface area contributed by atoms with E-state index in [2.05, 4.69) is 0 Å². The molecule has 12 N–H and O–H groups in total. The summed E-state index contributed by atoms with van der Waals surface area (Å²) in [4.78, 5) is 0. The van der Waals surface area contributed by atoms with Crippen molar-refractivity contribution in [1.29, 1.82) is 0 Å². The van der Waals surface area contributed by atoms with Crippen molar-refractivity contribution in [2.24, 2.45) is 0 Å². The molecule has 0 saturated heterocycles. The Labute approximate surface area is 127 Å². The van der Waals surface area contributed by atoms with Crippen LogP contribution in [0.3, 0.4) is 0 Å². The minimum Gasteiger partial charge on any atom is -0.759 e. The molecule has 0 aromatic rings. The van der Waals surface area contributed by atoms with E-state index in [4.69, 9.17) is 17.5 Å². The van der Waals surface area contributed by atoms with E-state index in [0.717, 1.165) is 0 Å². The Balaban J connectivity index is -0.00000000286. The van der Waals surface area contributed by atoms with E-state index in [-0.39, 0.29) is 101 Å². The van der Waals surface area contributed by atoms with Crippen molar-refractivity contribution >= 4 is 10.4 Å². The third-order valence-corrected chi connectivity index (χ3v) is 0. The summed E-state index contributed by atoms with van der Waals surface area (Å²) in [6.07, 6.45) is 0. The number of hydrogen-bond acceptors (Lipinski definition) is 4. The molecule has 0 aromatic carbocycles. The molecule has 0 atom stereocenters. The average molecular weight is 302 g/mol. The largest absolute Gasteiger partial charge is 2.00 e. The van der Waals surface area contributed by atoms with Gasteiger partial charge in [-0.15, -0.1) is 0 Å². The fourth-order valence-electron chi connectivity index (χ4n) is 0. The van der Waals surface area contributed by atoms with Crippen molar-refractivity contribution in [1.82, 2.24) is 0 Å². The van der Waals surface area contributed by atoms with E-state index in [0.29, 0.717) is 0 Å². The molecule has 0 saturated carbocycles. The molecule has 0 heterocycles.